The maximum atomic E-state index is 12.4. The summed E-state index contributed by atoms with van der Waals surface area (Å²) in [5.74, 6) is 0.601. The molecular formula is C17H25N3O2. The van der Waals surface area contributed by atoms with Gasteiger partial charge >= 0.3 is 0 Å². The van der Waals surface area contributed by atoms with Crippen LogP contribution in [0.1, 0.15) is 47.4 Å². The van der Waals surface area contributed by atoms with Crippen LogP contribution in [0.15, 0.2) is 12.1 Å². The summed E-state index contributed by atoms with van der Waals surface area (Å²) in [4.78, 5) is 19.3. The van der Waals surface area contributed by atoms with Gasteiger partial charge in [-0.2, -0.15) is 0 Å². The average molecular weight is 303 g/mol. The number of carbonyl (C=O) groups excluding carboxylic acids is 1. The Hall–Kier alpha value is -1.46. The number of ether oxygens (including phenoxy) is 1. The molecule has 1 aliphatic heterocycles. The van der Waals surface area contributed by atoms with E-state index in [9.17, 15) is 4.79 Å². The van der Waals surface area contributed by atoms with E-state index in [2.05, 4.69) is 22.1 Å². The molecule has 0 radical (unpaired) electrons. The van der Waals surface area contributed by atoms with Crippen LogP contribution in [0.3, 0.4) is 0 Å². The van der Waals surface area contributed by atoms with Crippen molar-refractivity contribution < 1.29 is 9.53 Å². The van der Waals surface area contributed by atoms with Crippen LogP contribution in [0.4, 0.5) is 0 Å². The van der Waals surface area contributed by atoms with E-state index >= 15 is 0 Å². The lowest BCUT2D eigenvalue weighted by Gasteiger charge is -2.29. The molecule has 1 saturated carbocycles. The van der Waals surface area contributed by atoms with E-state index in [1.807, 2.05) is 19.1 Å². The van der Waals surface area contributed by atoms with Crippen molar-refractivity contribution >= 4 is 5.91 Å². The van der Waals surface area contributed by atoms with Crippen molar-refractivity contribution in [3.05, 3.63) is 29.1 Å². The molecular weight excluding hydrogens is 278 g/mol. The van der Waals surface area contributed by atoms with Crippen LogP contribution in [0, 0.1) is 6.92 Å². The number of nitrogens with zero attached hydrogens (tertiary/aromatic N) is 2. The standard InChI is InChI=1S/C17H25N3O2/c1-12(11-20-7-9-22-10-8-20)18-17(21)15-5-6-16(14-3-4-14)19-13(15)2/h5-6,12,14H,3-4,7-11H2,1-2H3,(H,18,21). The van der Waals surface area contributed by atoms with E-state index in [-0.39, 0.29) is 11.9 Å². The van der Waals surface area contributed by atoms with Crippen molar-refractivity contribution in [2.24, 2.45) is 0 Å². The van der Waals surface area contributed by atoms with Crippen molar-refractivity contribution in [3.8, 4) is 0 Å². The average Bonchev–Trinajstić information content (AvgIpc) is 3.32. The molecule has 5 heteroatoms. The minimum atomic E-state index is -0.0203. The highest BCUT2D eigenvalue weighted by molar-refractivity contribution is 5.95. The van der Waals surface area contributed by atoms with Crippen LogP contribution in [0.25, 0.3) is 0 Å². The molecule has 0 bridgehead atoms. The van der Waals surface area contributed by atoms with Gasteiger partial charge in [-0.05, 0) is 38.8 Å². The van der Waals surface area contributed by atoms with Crippen LogP contribution >= 0.6 is 0 Å². The molecule has 2 fully saturated rings. The summed E-state index contributed by atoms with van der Waals surface area (Å²) < 4.78 is 5.35. The molecule has 1 unspecified atom stereocenters. The minimum absolute atomic E-state index is 0.0203. The zero-order valence-electron chi connectivity index (χ0n) is 13.5. The number of aromatic nitrogens is 1. The van der Waals surface area contributed by atoms with E-state index < -0.39 is 0 Å². The largest absolute Gasteiger partial charge is 0.379 e. The van der Waals surface area contributed by atoms with Crippen LogP contribution in [-0.4, -0.2) is 54.7 Å². The van der Waals surface area contributed by atoms with Gasteiger partial charge in [-0.3, -0.25) is 14.7 Å². The molecule has 1 aromatic rings. The first-order valence-electron chi connectivity index (χ1n) is 8.22. The van der Waals surface area contributed by atoms with Gasteiger partial charge in [0.15, 0.2) is 0 Å². The van der Waals surface area contributed by atoms with Gasteiger partial charge in [-0.25, -0.2) is 0 Å². The summed E-state index contributed by atoms with van der Waals surface area (Å²) in [5.41, 5.74) is 2.66. The number of hydrogen-bond acceptors (Lipinski definition) is 4. The molecule has 1 saturated heterocycles. The van der Waals surface area contributed by atoms with Crippen molar-refractivity contribution in [3.63, 3.8) is 0 Å². The molecule has 0 aromatic carbocycles. The normalized spacial score (nSPS) is 20.6. The molecule has 1 atom stereocenters. The molecule has 5 nitrogen and oxygen atoms in total. The van der Waals surface area contributed by atoms with Gasteiger partial charge in [0.1, 0.15) is 0 Å². The Bertz CT molecular complexity index is 537. The number of pyridine rings is 1. The van der Waals surface area contributed by atoms with Gasteiger partial charge in [0, 0.05) is 37.3 Å². The molecule has 120 valence electrons. The Morgan fingerprint density at radius 2 is 2.14 bits per heavy atom. The maximum Gasteiger partial charge on any atom is 0.253 e. The Labute approximate surface area is 132 Å². The lowest BCUT2D eigenvalue weighted by atomic mass is 10.1. The van der Waals surface area contributed by atoms with Crippen molar-refractivity contribution in [1.82, 2.24) is 15.2 Å². The first-order valence-corrected chi connectivity index (χ1v) is 8.22. The second-order valence-electron chi connectivity index (χ2n) is 6.43. The summed E-state index contributed by atoms with van der Waals surface area (Å²) in [6.07, 6.45) is 2.46. The Morgan fingerprint density at radius 1 is 1.41 bits per heavy atom. The molecule has 3 rings (SSSR count). The van der Waals surface area contributed by atoms with E-state index in [1.165, 1.54) is 12.8 Å². The van der Waals surface area contributed by atoms with Crippen LogP contribution in [0.5, 0.6) is 0 Å². The zero-order chi connectivity index (χ0) is 15.5. The van der Waals surface area contributed by atoms with Gasteiger partial charge in [0.25, 0.3) is 5.91 Å². The number of morpholine rings is 1. The third-order valence-corrected chi connectivity index (χ3v) is 4.36. The topological polar surface area (TPSA) is 54.5 Å². The monoisotopic (exact) mass is 303 g/mol. The maximum absolute atomic E-state index is 12.4. The quantitative estimate of drug-likeness (QED) is 0.900. The summed E-state index contributed by atoms with van der Waals surface area (Å²) in [7, 11) is 0. The minimum Gasteiger partial charge on any atom is -0.379 e. The highest BCUT2D eigenvalue weighted by Gasteiger charge is 2.26. The molecule has 2 aliphatic rings. The number of rotatable bonds is 5. The van der Waals surface area contributed by atoms with Gasteiger partial charge in [-0.15, -0.1) is 0 Å². The first kappa shape index (κ1) is 15.4. The Morgan fingerprint density at radius 3 is 2.77 bits per heavy atom. The molecule has 1 aliphatic carbocycles. The molecule has 1 aromatic heterocycles. The summed E-state index contributed by atoms with van der Waals surface area (Å²) in [6.45, 7) is 8.29. The third kappa shape index (κ3) is 3.84. The van der Waals surface area contributed by atoms with E-state index in [0.29, 0.717) is 11.5 Å². The van der Waals surface area contributed by atoms with Gasteiger partial charge < -0.3 is 10.1 Å². The number of amides is 1. The summed E-state index contributed by atoms with van der Waals surface area (Å²) >= 11 is 0. The van der Waals surface area contributed by atoms with Crippen LogP contribution in [-0.2, 0) is 4.74 Å². The fourth-order valence-electron chi connectivity index (χ4n) is 2.95. The lowest BCUT2D eigenvalue weighted by Crippen LogP contribution is -2.46. The first-order chi connectivity index (χ1) is 10.6. The predicted molar refractivity (Wildman–Crippen MR) is 85.1 cm³/mol. The molecule has 1 amide bonds. The Kier molecular flexibility index (Phi) is 4.74. The zero-order valence-corrected chi connectivity index (χ0v) is 13.5. The third-order valence-electron chi connectivity index (χ3n) is 4.36. The number of carbonyl (C=O) groups is 1. The van der Waals surface area contributed by atoms with E-state index in [0.717, 1.165) is 44.2 Å². The van der Waals surface area contributed by atoms with Crippen molar-refractivity contribution in [2.45, 2.75) is 38.6 Å². The number of aryl methyl sites for hydroxylation is 1. The fourth-order valence-corrected chi connectivity index (χ4v) is 2.95. The molecule has 22 heavy (non-hydrogen) atoms. The van der Waals surface area contributed by atoms with E-state index in [4.69, 9.17) is 4.74 Å². The highest BCUT2D eigenvalue weighted by Crippen LogP contribution is 2.39. The molecule has 1 N–H and O–H groups in total. The second kappa shape index (κ2) is 6.75. The summed E-state index contributed by atoms with van der Waals surface area (Å²) in [6, 6.07) is 4.05. The number of nitrogens with one attached hydrogen (secondary N) is 1. The number of hydrogen-bond donors (Lipinski definition) is 1. The highest BCUT2D eigenvalue weighted by atomic mass is 16.5. The van der Waals surface area contributed by atoms with Gasteiger partial charge in [0.2, 0.25) is 0 Å². The van der Waals surface area contributed by atoms with Crippen LogP contribution in [0.2, 0.25) is 0 Å². The van der Waals surface area contributed by atoms with Gasteiger partial charge in [0.05, 0.1) is 24.5 Å². The Balaban J connectivity index is 1.56. The summed E-state index contributed by atoms with van der Waals surface area (Å²) in [5, 5.41) is 3.09. The van der Waals surface area contributed by atoms with E-state index in [1.54, 1.807) is 0 Å². The van der Waals surface area contributed by atoms with Crippen molar-refractivity contribution in [2.75, 3.05) is 32.8 Å². The fraction of sp³-hybridized carbons (Fsp3) is 0.647. The predicted octanol–water partition coefficient (Wildman–Crippen LogP) is 1.72. The SMILES string of the molecule is Cc1nc(C2CC2)ccc1C(=O)NC(C)CN1CCOCC1. The van der Waals surface area contributed by atoms with Gasteiger partial charge in [-0.1, -0.05) is 0 Å². The molecule has 2 heterocycles. The second-order valence-corrected chi connectivity index (χ2v) is 6.43. The lowest BCUT2D eigenvalue weighted by molar-refractivity contribution is 0.0342. The van der Waals surface area contributed by atoms with Crippen LogP contribution < -0.4 is 5.32 Å². The van der Waals surface area contributed by atoms with Crippen molar-refractivity contribution in [1.29, 1.82) is 0 Å². The molecule has 0 spiro atoms. The smallest absolute Gasteiger partial charge is 0.253 e.